The van der Waals surface area contributed by atoms with Crippen molar-refractivity contribution in [2.45, 2.75) is 52.7 Å². The number of carbonyl (C=O) groups is 2. The predicted molar refractivity (Wildman–Crippen MR) is 127 cm³/mol. The van der Waals surface area contributed by atoms with Crippen molar-refractivity contribution in [3.63, 3.8) is 0 Å². The third kappa shape index (κ3) is 6.52. The second-order valence-corrected chi connectivity index (χ2v) is 8.60. The molecule has 0 bridgehead atoms. The molecule has 1 aromatic heterocycles. The lowest BCUT2D eigenvalue weighted by Gasteiger charge is -2.10. The van der Waals surface area contributed by atoms with Crippen molar-refractivity contribution >= 4 is 23.4 Å². The molecule has 0 radical (unpaired) electrons. The maximum Gasteiger partial charge on any atom is 0.341 e. The Morgan fingerprint density at radius 1 is 1.00 bits per heavy atom. The van der Waals surface area contributed by atoms with Gasteiger partial charge in [-0.2, -0.15) is 0 Å². The smallest absolute Gasteiger partial charge is 0.341 e. The van der Waals surface area contributed by atoms with Crippen LogP contribution in [0.4, 0.5) is 0 Å². The van der Waals surface area contributed by atoms with Gasteiger partial charge in [-0.25, -0.2) is 13.3 Å². The van der Waals surface area contributed by atoms with Crippen LogP contribution < -0.4 is 20.6 Å². The van der Waals surface area contributed by atoms with E-state index >= 15 is 0 Å². The summed E-state index contributed by atoms with van der Waals surface area (Å²) in [5.74, 6) is -0.646. The highest BCUT2D eigenvalue weighted by Gasteiger charge is 2.14. The molecule has 1 heterocycles. The van der Waals surface area contributed by atoms with Gasteiger partial charge in [0.1, 0.15) is 5.75 Å². The predicted octanol–water partition coefficient (Wildman–Crippen LogP) is 3.17. The Hall–Kier alpha value is -3.46. The first-order valence-electron chi connectivity index (χ1n) is 10.8. The number of unbranched alkanes of at least 4 members (excludes halogenated alkanes) is 2. The summed E-state index contributed by atoms with van der Waals surface area (Å²) in [5.41, 5.74) is 1.68. The molecule has 0 fully saturated rings. The van der Waals surface area contributed by atoms with Crippen molar-refractivity contribution < 1.29 is 14.3 Å². The van der Waals surface area contributed by atoms with Gasteiger partial charge in [0.25, 0.3) is 5.91 Å². The number of nitrogens with one attached hydrogen (secondary N) is 1. The van der Waals surface area contributed by atoms with E-state index in [1.165, 1.54) is 15.4 Å². The van der Waals surface area contributed by atoms with Gasteiger partial charge in [0.15, 0.2) is 0 Å². The number of aromatic nitrogens is 2. The Balaban J connectivity index is 1.62. The number of carbonyl (C=O) groups excluding carboxylic acids is 2. The van der Waals surface area contributed by atoms with Crippen LogP contribution in [0, 0.1) is 0 Å². The van der Waals surface area contributed by atoms with Gasteiger partial charge in [0, 0.05) is 31.5 Å². The fraction of sp³-hybridized carbons (Fsp3) is 0.333. The Labute approximate surface area is 195 Å². The van der Waals surface area contributed by atoms with E-state index in [4.69, 9.17) is 4.74 Å². The van der Waals surface area contributed by atoms with E-state index in [1.54, 1.807) is 24.3 Å². The molecule has 9 heteroatoms. The lowest BCUT2D eigenvalue weighted by atomic mass is 10.1. The number of hydrogen-bond donors (Lipinski definition) is 1. The van der Waals surface area contributed by atoms with Crippen LogP contribution in [0.3, 0.4) is 0 Å². The minimum atomic E-state index is -0.497. The average Bonchev–Trinajstić information content (AvgIpc) is 3.06. The highest BCUT2D eigenvalue weighted by molar-refractivity contribution is 7.03. The van der Waals surface area contributed by atoms with Gasteiger partial charge >= 0.3 is 16.5 Å². The molecule has 1 N–H and O–H groups in total. The van der Waals surface area contributed by atoms with Gasteiger partial charge in [-0.05, 0) is 29.7 Å². The molecule has 0 atom stereocenters. The maximum absolute atomic E-state index is 12.5. The van der Waals surface area contributed by atoms with Gasteiger partial charge in [-0.1, -0.05) is 56.2 Å². The topological polar surface area (TPSA) is 99.4 Å². The summed E-state index contributed by atoms with van der Waals surface area (Å²) in [7, 11) is 0. The summed E-state index contributed by atoms with van der Waals surface area (Å²) in [4.78, 5) is 48.3. The molecule has 3 aromatic rings. The van der Waals surface area contributed by atoms with E-state index in [-0.39, 0.29) is 40.9 Å². The number of benzene rings is 2. The molecule has 0 spiro atoms. The van der Waals surface area contributed by atoms with Crippen molar-refractivity contribution in [2.24, 2.45) is 0 Å². The van der Waals surface area contributed by atoms with Crippen LogP contribution in [0.15, 0.2) is 58.1 Å². The standard InChI is InChI=1S/C24H27N3O5S/c1-3-4-7-14-27-23(30)26(24(31)33-27)16-19-12-10-18(11-13-19)15-25-22(29)20-8-5-6-9-21(20)32-17(2)28/h5-6,8-13H,3-4,7,14-16H2,1-2H3,(H,25,29). The van der Waals surface area contributed by atoms with Crippen molar-refractivity contribution in [2.75, 3.05) is 0 Å². The van der Waals surface area contributed by atoms with E-state index in [0.29, 0.717) is 6.54 Å². The third-order valence-corrected chi connectivity index (χ3v) is 5.96. The summed E-state index contributed by atoms with van der Waals surface area (Å²) >= 11 is 0.961. The lowest BCUT2D eigenvalue weighted by molar-refractivity contribution is -0.131. The van der Waals surface area contributed by atoms with Gasteiger partial charge < -0.3 is 10.1 Å². The molecular formula is C24H27N3O5S. The Kier molecular flexibility index (Phi) is 8.37. The van der Waals surface area contributed by atoms with Crippen molar-refractivity contribution in [1.82, 2.24) is 13.8 Å². The van der Waals surface area contributed by atoms with E-state index in [2.05, 4.69) is 12.2 Å². The molecule has 174 valence electrons. The van der Waals surface area contributed by atoms with Crippen LogP contribution in [0.5, 0.6) is 5.75 Å². The molecule has 2 aromatic carbocycles. The highest BCUT2D eigenvalue weighted by Crippen LogP contribution is 2.18. The number of hydrogen-bond acceptors (Lipinski definition) is 6. The van der Waals surface area contributed by atoms with E-state index in [0.717, 1.165) is 41.9 Å². The van der Waals surface area contributed by atoms with Crippen LogP contribution in [-0.2, 0) is 24.4 Å². The van der Waals surface area contributed by atoms with E-state index < -0.39 is 5.97 Å². The normalized spacial score (nSPS) is 10.7. The largest absolute Gasteiger partial charge is 0.426 e. The first-order valence-corrected chi connectivity index (χ1v) is 11.6. The number of ether oxygens (including phenoxy) is 1. The fourth-order valence-corrected chi connectivity index (χ4v) is 4.12. The molecule has 3 rings (SSSR count). The summed E-state index contributed by atoms with van der Waals surface area (Å²) in [6, 6.07) is 13.9. The zero-order chi connectivity index (χ0) is 23.8. The summed E-state index contributed by atoms with van der Waals surface area (Å²) in [5, 5.41) is 2.81. The Morgan fingerprint density at radius 2 is 1.70 bits per heavy atom. The number of para-hydroxylation sites is 1. The molecular weight excluding hydrogens is 442 g/mol. The number of nitrogens with zero attached hydrogens (tertiary/aromatic N) is 2. The molecule has 0 saturated heterocycles. The quantitative estimate of drug-likeness (QED) is 0.279. The van der Waals surface area contributed by atoms with Crippen molar-refractivity contribution in [3.8, 4) is 5.75 Å². The summed E-state index contributed by atoms with van der Waals surface area (Å²) < 4.78 is 7.86. The summed E-state index contributed by atoms with van der Waals surface area (Å²) in [6.07, 6.45) is 2.95. The van der Waals surface area contributed by atoms with Crippen LogP contribution in [-0.4, -0.2) is 20.4 Å². The second-order valence-electron chi connectivity index (χ2n) is 7.62. The Morgan fingerprint density at radius 3 is 2.39 bits per heavy atom. The molecule has 0 saturated carbocycles. The first kappa shape index (κ1) is 24.2. The fourth-order valence-electron chi connectivity index (χ4n) is 3.29. The second kappa shape index (κ2) is 11.4. The molecule has 0 aliphatic rings. The molecule has 0 aliphatic carbocycles. The van der Waals surface area contributed by atoms with Crippen molar-refractivity contribution in [1.29, 1.82) is 0 Å². The highest BCUT2D eigenvalue weighted by atomic mass is 32.1. The number of amides is 1. The first-order chi connectivity index (χ1) is 15.9. The number of esters is 1. The maximum atomic E-state index is 12.5. The average molecular weight is 470 g/mol. The Bertz CT molecular complexity index is 1220. The van der Waals surface area contributed by atoms with E-state index in [1.807, 2.05) is 24.3 Å². The van der Waals surface area contributed by atoms with Crippen LogP contribution in [0.25, 0.3) is 0 Å². The number of aryl methyl sites for hydroxylation is 1. The van der Waals surface area contributed by atoms with Gasteiger partial charge in [0.05, 0.1) is 12.1 Å². The summed E-state index contributed by atoms with van der Waals surface area (Å²) in [6.45, 7) is 4.42. The van der Waals surface area contributed by atoms with Gasteiger partial charge in [-0.3, -0.25) is 14.4 Å². The zero-order valence-electron chi connectivity index (χ0n) is 18.7. The molecule has 0 unspecified atom stereocenters. The molecule has 8 nitrogen and oxygen atoms in total. The molecule has 1 amide bonds. The molecule has 0 aliphatic heterocycles. The lowest BCUT2D eigenvalue weighted by Crippen LogP contribution is -2.29. The van der Waals surface area contributed by atoms with Gasteiger partial charge in [-0.15, -0.1) is 0 Å². The zero-order valence-corrected chi connectivity index (χ0v) is 19.5. The van der Waals surface area contributed by atoms with Crippen LogP contribution in [0.1, 0.15) is 54.6 Å². The minimum Gasteiger partial charge on any atom is -0.426 e. The van der Waals surface area contributed by atoms with Crippen molar-refractivity contribution in [3.05, 3.63) is 85.4 Å². The SMILES string of the molecule is CCCCCn1sc(=O)n(Cc2ccc(CNC(=O)c3ccccc3OC(C)=O)cc2)c1=O. The molecule has 33 heavy (non-hydrogen) atoms. The van der Waals surface area contributed by atoms with E-state index in [9.17, 15) is 19.2 Å². The monoisotopic (exact) mass is 469 g/mol. The number of rotatable bonds is 10. The minimum absolute atomic E-state index is 0.206. The van der Waals surface area contributed by atoms with Crippen LogP contribution >= 0.6 is 11.5 Å². The third-order valence-electron chi connectivity index (χ3n) is 5.02. The van der Waals surface area contributed by atoms with Crippen LogP contribution in [0.2, 0.25) is 0 Å². The van der Waals surface area contributed by atoms with Gasteiger partial charge in [0.2, 0.25) is 0 Å².